The molecule has 1 aromatic carbocycles. The molecule has 1 fully saturated rings. The summed E-state index contributed by atoms with van der Waals surface area (Å²) in [6, 6.07) is 11.2. The fourth-order valence-corrected chi connectivity index (χ4v) is 2.47. The molecular weight excluding hydrogens is 280 g/mol. The van der Waals surface area contributed by atoms with Gasteiger partial charge in [0.15, 0.2) is 5.82 Å². The number of benzene rings is 1. The molecular formula is C16H16N4O2. The number of hydrogen-bond donors (Lipinski definition) is 1. The molecule has 4 rings (SSSR count). The van der Waals surface area contributed by atoms with Gasteiger partial charge in [-0.1, -0.05) is 30.3 Å². The van der Waals surface area contributed by atoms with Crippen LogP contribution in [0.4, 0.5) is 0 Å². The molecule has 1 saturated carbocycles. The molecule has 0 amide bonds. The maximum absolute atomic E-state index is 12.2. The maximum atomic E-state index is 12.2. The number of ether oxygens (including phenoxy) is 1. The summed E-state index contributed by atoms with van der Waals surface area (Å²) < 4.78 is 7.07. The van der Waals surface area contributed by atoms with Gasteiger partial charge < -0.3 is 4.74 Å². The second-order valence-electron chi connectivity index (χ2n) is 5.52. The number of nitrogens with zero attached hydrogens (tertiary/aromatic N) is 3. The molecule has 0 saturated heterocycles. The zero-order chi connectivity index (χ0) is 14.9. The third-order valence-electron chi connectivity index (χ3n) is 3.95. The Kier molecular flexibility index (Phi) is 3.23. The Bertz CT molecular complexity index is 849. The number of nitrogens with one attached hydrogen (secondary N) is 1. The predicted octanol–water partition coefficient (Wildman–Crippen LogP) is 2.15. The van der Waals surface area contributed by atoms with Gasteiger partial charge in [-0.3, -0.25) is 9.89 Å². The number of rotatable bonds is 4. The van der Waals surface area contributed by atoms with Gasteiger partial charge in [0.25, 0.3) is 11.3 Å². The SMILES string of the molecule is O=c1cc(COC2CCC2)nc2nc(-c3ccccc3)[nH]n12. The first-order valence-corrected chi connectivity index (χ1v) is 7.45. The van der Waals surface area contributed by atoms with Crippen molar-refractivity contribution in [2.24, 2.45) is 0 Å². The molecule has 2 aromatic heterocycles. The fraction of sp³-hybridized carbons (Fsp3) is 0.312. The lowest BCUT2D eigenvalue weighted by molar-refractivity contribution is -0.0101. The van der Waals surface area contributed by atoms with Gasteiger partial charge in [0.05, 0.1) is 18.4 Å². The van der Waals surface area contributed by atoms with Gasteiger partial charge in [-0.15, -0.1) is 0 Å². The van der Waals surface area contributed by atoms with Crippen LogP contribution in [0.2, 0.25) is 0 Å². The number of aromatic nitrogens is 4. The summed E-state index contributed by atoms with van der Waals surface area (Å²) >= 11 is 0. The Morgan fingerprint density at radius 2 is 2.05 bits per heavy atom. The van der Waals surface area contributed by atoms with Crippen LogP contribution in [0.5, 0.6) is 0 Å². The lowest BCUT2D eigenvalue weighted by Crippen LogP contribution is -2.22. The predicted molar refractivity (Wildman–Crippen MR) is 81.5 cm³/mol. The van der Waals surface area contributed by atoms with Gasteiger partial charge in [-0.25, -0.2) is 4.98 Å². The van der Waals surface area contributed by atoms with Crippen molar-refractivity contribution in [3.63, 3.8) is 0 Å². The number of aromatic amines is 1. The highest BCUT2D eigenvalue weighted by Crippen LogP contribution is 2.22. The molecule has 112 valence electrons. The van der Waals surface area contributed by atoms with E-state index in [1.54, 1.807) is 0 Å². The van der Waals surface area contributed by atoms with Crippen molar-refractivity contribution in [2.75, 3.05) is 0 Å². The second-order valence-corrected chi connectivity index (χ2v) is 5.52. The second kappa shape index (κ2) is 5.38. The van der Waals surface area contributed by atoms with Crippen molar-refractivity contribution in [1.82, 2.24) is 19.6 Å². The molecule has 6 nitrogen and oxygen atoms in total. The first kappa shape index (κ1) is 13.2. The van der Waals surface area contributed by atoms with Crippen LogP contribution >= 0.6 is 0 Å². The lowest BCUT2D eigenvalue weighted by atomic mass is 9.96. The van der Waals surface area contributed by atoms with Crippen LogP contribution < -0.4 is 5.56 Å². The zero-order valence-corrected chi connectivity index (χ0v) is 12.0. The molecule has 22 heavy (non-hydrogen) atoms. The van der Waals surface area contributed by atoms with Crippen molar-refractivity contribution in [3.8, 4) is 11.4 Å². The quantitative estimate of drug-likeness (QED) is 0.800. The summed E-state index contributed by atoms with van der Waals surface area (Å²) in [5.41, 5.74) is 1.37. The van der Waals surface area contributed by atoms with Crippen LogP contribution in [0.25, 0.3) is 17.2 Å². The molecule has 0 unspecified atom stereocenters. The van der Waals surface area contributed by atoms with Gasteiger partial charge in [-0.2, -0.15) is 9.50 Å². The molecule has 2 heterocycles. The van der Waals surface area contributed by atoms with Crippen molar-refractivity contribution in [1.29, 1.82) is 0 Å². The van der Waals surface area contributed by atoms with E-state index >= 15 is 0 Å². The summed E-state index contributed by atoms with van der Waals surface area (Å²) in [5, 5.41) is 2.98. The van der Waals surface area contributed by atoms with Crippen LogP contribution in [0.1, 0.15) is 25.0 Å². The molecule has 0 spiro atoms. The van der Waals surface area contributed by atoms with Gasteiger partial charge in [0.2, 0.25) is 0 Å². The van der Waals surface area contributed by atoms with Gasteiger partial charge in [0.1, 0.15) is 0 Å². The van der Waals surface area contributed by atoms with Gasteiger partial charge in [-0.05, 0) is 19.3 Å². The Labute approximate surface area is 126 Å². The lowest BCUT2D eigenvalue weighted by Gasteiger charge is -2.25. The topological polar surface area (TPSA) is 72.3 Å². The summed E-state index contributed by atoms with van der Waals surface area (Å²) in [6.45, 7) is 0.365. The van der Waals surface area contributed by atoms with E-state index in [0.717, 1.165) is 18.4 Å². The molecule has 0 radical (unpaired) electrons. The minimum absolute atomic E-state index is 0.174. The van der Waals surface area contributed by atoms with Crippen LogP contribution in [0, 0.1) is 0 Å². The molecule has 0 aliphatic heterocycles. The van der Waals surface area contributed by atoms with Crippen molar-refractivity contribution >= 4 is 5.78 Å². The molecule has 1 aliphatic rings. The smallest absolute Gasteiger partial charge is 0.274 e. The van der Waals surface area contributed by atoms with Crippen LogP contribution in [-0.4, -0.2) is 25.7 Å². The third-order valence-corrected chi connectivity index (χ3v) is 3.95. The van der Waals surface area contributed by atoms with E-state index in [-0.39, 0.29) is 5.56 Å². The summed E-state index contributed by atoms with van der Waals surface area (Å²) in [7, 11) is 0. The minimum atomic E-state index is -0.174. The highest BCUT2D eigenvalue weighted by molar-refractivity contribution is 5.56. The van der Waals surface area contributed by atoms with Crippen LogP contribution in [0.3, 0.4) is 0 Å². The molecule has 1 aliphatic carbocycles. The average Bonchev–Trinajstić information content (AvgIpc) is 2.91. The van der Waals surface area contributed by atoms with Crippen LogP contribution in [-0.2, 0) is 11.3 Å². The Hall–Kier alpha value is -2.47. The average molecular weight is 296 g/mol. The number of fused-ring (bicyclic) bond motifs is 1. The first-order valence-electron chi connectivity index (χ1n) is 7.45. The monoisotopic (exact) mass is 296 g/mol. The molecule has 3 aromatic rings. The normalized spacial score (nSPS) is 15.1. The zero-order valence-electron chi connectivity index (χ0n) is 12.0. The van der Waals surface area contributed by atoms with Crippen molar-refractivity contribution < 1.29 is 4.74 Å². The summed E-state index contributed by atoms with van der Waals surface area (Å²) in [4.78, 5) is 21.0. The Morgan fingerprint density at radius 3 is 2.77 bits per heavy atom. The molecule has 1 N–H and O–H groups in total. The number of H-pyrrole nitrogens is 1. The maximum Gasteiger partial charge on any atom is 0.274 e. The standard InChI is InChI=1S/C16H16N4O2/c21-14-9-12(10-22-13-7-4-8-13)17-16-18-15(19-20(14)16)11-5-2-1-3-6-11/h1-3,5-6,9,13H,4,7-8,10H2,(H,17,18,19). The highest BCUT2D eigenvalue weighted by Gasteiger charge is 2.18. The van der Waals surface area contributed by atoms with Gasteiger partial charge >= 0.3 is 0 Å². The highest BCUT2D eigenvalue weighted by atomic mass is 16.5. The largest absolute Gasteiger partial charge is 0.372 e. The van der Waals surface area contributed by atoms with Crippen LogP contribution in [0.15, 0.2) is 41.2 Å². The van der Waals surface area contributed by atoms with E-state index < -0.39 is 0 Å². The minimum Gasteiger partial charge on any atom is -0.372 e. The summed E-state index contributed by atoms with van der Waals surface area (Å²) in [5.74, 6) is 1.00. The Morgan fingerprint density at radius 1 is 1.23 bits per heavy atom. The Balaban J connectivity index is 1.66. The van der Waals surface area contributed by atoms with E-state index in [0.29, 0.717) is 30.0 Å². The van der Waals surface area contributed by atoms with E-state index in [2.05, 4.69) is 15.1 Å². The molecule has 6 heteroatoms. The van der Waals surface area contributed by atoms with E-state index in [1.807, 2.05) is 30.3 Å². The van der Waals surface area contributed by atoms with Crippen molar-refractivity contribution in [3.05, 3.63) is 52.4 Å². The van der Waals surface area contributed by atoms with Gasteiger partial charge in [0, 0.05) is 11.6 Å². The fourth-order valence-electron chi connectivity index (χ4n) is 2.47. The van der Waals surface area contributed by atoms with E-state index in [4.69, 9.17) is 4.74 Å². The van der Waals surface area contributed by atoms with E-state index in [1.165, 1.54) is 17.0 Å². The molecule has 0 atom stereocenters. The third kappa shape index (κ3) is 2.42. The van der Waals surface area contributed by atoms with E-state index in [9.17, 15) is 4.79 Å². The van der Waals surface area contributed by atoms with Crippen molar-refractivity contribution in [2.45, 2.75) is 32.0 Å². The summed E-state index contributed by atoms with van der Waals surface area (Å²) in [6.07, 6.45) is 3.74. The molecule has 0 bridgehead atoms. The number of hydrogen-bond acceptors (Lipinski definition) is 4. The first-order chi connectivity index (χ1) is 10.8.